The molecule has 1 saturated carbocycles. The number of allylic oxidation sites excluding steroid dienone is 2. The van der Waals surface area contributed by atoms with Crippen LogP contribution >= 0.6 is 0 Å². The number of fused-ring (bicyclic) bond motifs is 5. The predicted molar refractivity (Wildman–Crippen MR) is 97.8 cm³/mol. The van der Waals surface area contributed by atoms with Gasteiger partial charge in [-0.2, -0.15) is 10.1 Å². The van der Waals surface area contributed by atoms with E-state index in [0.717, 1.165) is 24.8 Å². The summed E-state index contributed by atoms with van der Waals surface area (Å²) in [6.07, 6.45) is 5.92. The Kier molecular flexibility index (Phi) is 4.61. The quantitative estimate of drug-likeness (QED) is 0.176. The summed E-state index contributed by atoms with van der Waals surface area (Å²) >= 11 is 0. The molecule has 1 heterocycles. The smallest absolute Gasteiger partial charge is 0.343 e. The Balaban J connectivity index is 1.61. The van der Waals surface area contributed by atoms with E-state index in [1.807, 2.05) is 12.2 Å². The maximum atomic E-state index is 12.7. The number of benzene rings is 1. The number of ether oxygens (including phenoxy) is 2. The molecule has 0 aromatic heterocycles. The van der Waals surface area contributed by atoms with Crippen molar-refractivity contribution in [1.82, 2.24) is 5.01 Å². The molecule has 150 valence electrons. The molecule has 0 radical (unpaired) electrons. The average Bonchev–Trinajstić information content (AvgIpc) is 3.39. The molecule has 29 heavy (non-hydrogen) atoms. The van der Waals surface area contributed by atoms with Gasteiger partial charge in [0, 0.05) is 11.6 Å². The first-order chi connectivity index (χ1) is 13.9. The Labute approximate surface area is 164 Å². The van der Waals surface area contributed by atoms with E-state index >= 15 is 0 Å². The molecule has 2 aliphatic carbocycles. The van der Waals surface area contributed by atoms with Crippen molar-refractivity contribution in [3.8, 4) is 5.75 Å². The van der Waals surface area contributed by atoms with E-state index < -0.39 is 29.3 Å². The van der Waals surface area contributed by atoms with Crippen molar-refractivity contribution in [2.75, 3.05) is 13.7 Å². The molecule has 2 amide bonds. The summed E-state index contributed by atoms with van der Waals surface area (Å²) in [4.78, 5) is 47.4. The minimum absolute atomic E-state index is 0.0541. The lowest BCUT2D eigenvalue weighted by Crippen LogP contribution is -2.28. The van der Waals surface area contributed by atoms with Crippen molar-refractivity contribution in [1.29, 1.82) is 0 Å². The average molecular weight is 399 g/mol. The molecule has 1 aromatic rings. The van der Waals surface area contributed by atoms with Crippen LogP contribution in [0.5, 0.6) is 5.75 Å². The molecule has 3 aliphatic rings. The van der Waals surface area contributed by atoms with Gasteiger partial charge in [0.15, 0.2) is 6.61 Å². The maximum Gasteiger partial charge on any atom is 0.343 e. The van der Waals surface area contributed by atoms with Gasteiger partial charge in [0.2, 0.25) is 5.75 Å². The number of carbonyl (C=O) groups excluding carboxylic acids is 3. The Hall–Kier alpha value is -3.56. The van der Waals surface area contributed by atoms with Crippen LogP contribution in [-0.4, -0.2) is 47.6 Å². The molecule has 10 nitrogen and oxygen atoms in total. The molecular weight excluding hydrogens is 382 g/mol. The second-order valence-electron chi connectivity index (χ2n) is 7.05. The molecular formula is C19H17N3O7. The summed E-state index contributed by atoms with van der Waals surface area (Å²) < 4.78 is 9.74. The predicted octanol–water partition coefficient (Wildman–Crippen LogP) is 1.29. The summed E-state index contributed by atoms with van der Waals surface area (Å²) in [6.45, 7) is -0.539. The van der Waals surface area contributed by atoms with E-state index in [0.29, 0.717) is 0 Å². The van der Waals surface area contributed by atoms with Crippen molar-refractivity contribution < 1.29 is 28.8 Å². The fourth-order valence-corrected chi connectivity index (χ4v) is 4.26. The van der Waals surface area contributed by atoms with Gasteiger partial charge < -0.3 is 9.47 Å². The standard InChI is InChI=1S/C19H17N3O7/c1-28-14(23)9-29-17-12(3-2-4-13(17)22(26)27)8-20-21-18(24)15-10-5-6-11(7-10)16(15)19(21)25/h2-6,8,10-11,15-16H,7,9H2,1H3. The molecule has 0 N–H and O–H groups in total. The Bertz CT molecular complexity index is 941. The highest BCUT2D eigenvalue weighted by atomic mass is 16.6. The van der Waals surface area contributed by atoms with Crippen LogP contribution in [-0.2, 0) is 19.1 Å². The Morgan fingerprint density at radius 3 is 2.52 bits per heavy atom. The fourth-order valence-electron chi connectivity index (χ4n) is 4.26. The minimum Gasteiger partial charge on any atom is -0.474 e. The molecule has 1 aliphatic heterocycles. The first-order valence-electron chi connectivity index (χ1n) is 8.99. The Morgan fingerprint density at radius 2 is 1.93 bits per heavy atom. The van der Waals surface area contributed by atoms with Gasteiger partial charge in [0.25, 0.3) is 11.8 Å². The third-order valence-corrected chi connectivity index (χ3v) is 5.54. The monoisotopic (exact) mass is 399 g/mol. The molecule has 1 aromatic carbocycles. The van der Waals surface area contributed by atoms with Gasteiger partial charge in [0.1, 0.15) is 0 Å². The molecule has 4 rings (SSSR count). The van der Waals surface area contributed by atoms with Crippen LogP contribution in [0.15, 0.2) is 35.5 Å². The SMILES string of the molecule is COC(=O)COc1c(C=NN2C(=O)C3C4C=CC(C4)C3C2=O)cccc1[N+](=O)[O-]. The second-order valence-corrected chi connectivity index (χ2v) is 7.05. The highest BCUT2D eigenvalue weighted by Crippen LogP contribution is 2.52. The zero-order chi connectivity index (χ0) is 20.7. The number of rotatable bonds is 6. The van der Waals surface area contributed by atoms with Gasteiger partial charge in [-0.3, -0.25) is 19.7 Å². The number of methoxy groups -OCH3 is 1. The summed E-state index contributed by atoms with van der Waals surface area (Å²) in [6, 6.07) is 4.10. The first kappa shape index (κ1) is 18.8. The molecule has 2 bridgehead atoms. The van der Waals surface area contributed by atoms with Crippen molar-refractivity contribution in [3.05, 3.63) is 46.0 Å². The first-order valence-corrected chi connectivity index (χ1v) is 8.99. The number of hydrogen-bond acceptors (Lipinski definition) is 8. The van der Waals surface area contributed by atoms with Crippen molar-refractivity contribution >= 4 is 29.7 Å². The molecule has 0 spiro atoms. The summed E-state index contributed by atoms with van der Waals surface area (Å²) in [5, 5.41) is 16.1. The maximum absolute atomic E-state index is 12.7. The number of esters is 1. The highest BCUT2D eigenvalue weighted by molar-refractivity contribution is 6.07. The van der Waals surface area contributed by atoms with Crippen molar-refractivity contribution in [3.63, 3.8) is 0 Å². The van der Waals surface area contributed by atoms with Crippen LogP contribution in [0.1, 0.15) is 12.0 Å². The number of hydrazone groups is 1. The number of imide groups is 1. The largest absolute Gasteiger partial charge is 0.474 e. The minimum atomic E-state index is -0.716. The number of hydrogen-bond donors (Lipinski definition) is 0. The number of nitro groups is 1. The van der Waals surface area contributed by atoms with Gasteiger partial charge in [-0.05, 0) is 24.3 Å². The highest BCUT2D eigenvalue weighted by Gasteiger charge is 2.59. The fraction of sp³-hybridized carbons (Fsp3) is 0.368. The summed E-state index contributed by atoms with van der Waals surface area (Å²) in [5.74, 6) is -2.33. The molecule has 4 atom stereocenters. The lowest BCUT2D eigenvalue weighted by molar-refractivity contribution is -0.385. The van der Waals surface area contributed by atoms with Gasteiger partial charge in [-0.1, -0.05) is 18.2 Å². The van der Waals surface area contributed by atoms with Gasteiger partial charge in [-0.25, -0.2) is 4.79 Å². The number of nitro benzene ring substituents is 1. The molecule has 10 heteroatoms. The van der Waals surface area contributed by atoms with Gasteiger partial charge in [0.05, 0.1) is 30.1 Å². The number of amides is 2. The zero-order valence-corrected chi connectivity index (χ0v) is 15.4. The third kappa shape index (κ3) is 3.06. The number of carbonyl (C=O) groups is 3. The van der Waals surface area contributed by atoms with Crippen molar-refractivity contribution in [2.45, 2.75) is 6.42 Å². The summed E-state index contributed by atoms with van der Waals surface area (Å²) in [7, 11) is 1.16. The Morgan fingerprint density at radius 1 is 1.28 bits per heavy atom. The normalized spacial score (nSPS) is 27.0. The van der Waals surface area contributed by atoms with Crippen molar-refractivity contribution in [2.24, 2.45) is 28.8 Å². The topological polar surface area (TPSA) is 128 Å². The van der Waals surface area contributed by atoms with E-state index in [1.54, 1.807) is 0 Å². The van der Waals surface area contributed by atoms with Crippen LogP contribution in [0, 0.1) is 33.8 Å². The number of nitrogens with zero attached hydrogens (tertiary/aromatic N) is 3. The van der Waals surface area contributed by atoms with Crippen LogP contribution in [0.2, 0.25) is 0 Å². The third-order valence-electron chi connectivity index (χ3n) is 5.54. The van der Waals surface area contributed by atoms with E-state index in [1.165, 1.54) is 18.2 Å². The number of para-hydroxylation sites is 1. The van der Waals surface area contributed by atoms with Crippen LogP contribution in [0.3, 0.4) is 0 Å². The molecule has 1 saturated heterocycles. The van der Waals surface area contributed by atoms with Crippen LogP contribution in [0.4, 0.5) is 5.69 Å². The zero-order valence-electron chi connectivity index (χ0n) is 15.4. The summed E-state index contributed by atoms with van der Waals surface area (Å²) in [5.41, 5.74) is -0.224. The lowest BCUT2D eigenvalue weighted by Gasteiger charge is -2.13. The van der Waals surface area contributed by atoms with Crippen LogP contribution in [0.25, 0.3) is 0 Å². The second kappa shape index (κ2) is 7.12. The molecule has 4 unspecified atom stereocenters. The van der Waals surface area contributed by atoms with Crippen LogP contribution < -0.4 is 4.74 Å². The van der Waals surface area contributed by atoms with E-state index in [2.05, 4.69) is 9.84 Å². The lowest BCUT2D eigenvalue weighted by atomic mass is 9.85. The molecule has 2 fully saturated rings. The van der Waals surface area contributed by atoms with E-state index in [4.69, 9.17) is 4.74 Å². The van der Waals surface area contributed by atoms with E-state index in [9.17, 15) is 24.5 Å². The van der Waals surface area contributed by atoms with Gasteiger partial charge in [-0.15, -0.1) is 0 Å². The van der Waals surface area contributed by atoms with Gasteiger partial charge >= 0.3 is 11.7 Å². The van der Waals surface area contributed by atoms with E-state index in [-0.39, 0.29) is 40.7 Å².